The monoisotopic (exact) mass is 412 g/mol. The second kappa shape index (κ2) is 10.6. The van der Waals surface area contributed by atoms with Gasteiger partial charge in [0.2, 0.25) is 6.41 Å². The van der Waals surface area contributed by atoms with E-state index in [1.807, 2.05) is 6.92 Å². The van der Waals surface area contributed by atoms with Gasteiger partial charge in [-0.15, -0.1) is 4.40 Å². The van der Waals surface area contributed by atoms with E-state index in [1.165, 1.54) is 29.0 Å². The number of amides is 1. The molecule has 1 aromatic rings. The van der Waals surface area contributed by atoms with Crippen LogP contribution in [0.25, 0.3) is 0 Å². The maximum Gasteiger partial charge on any atom is 0.337 e. The minimum atomic E-state index is -4.14. The van der Waals surface area contributed by atoms with Crippen molar-refractivity contribution in [3.05, 3.63) is 17.7 Å². The third kappa shape index (κ3) is 5.95. The highest BCUT2D eigenvalue weighted by Gasteiger charge is 2.26. The van der Waals surface area contributed by atoms with Crippen LogP contribution in [0.2, 0.25) is 0 Å². The molecule has 0 aromatic heterocycles. The molecule has 0 unspecified atom stereocenters. The summed E-state index contributed by atoms with van der Waals surface area (Å²) in [5, 5.41) is 2.99. The predicted molar refractivity (Wildman–Crippen MR) is 110 cm³/mol. The van der Waals surface area contributed by atoms with Gasteiger partial charge in [0.1, 0.15) is 11.2 Å². The van der Waals surface area contributed by atoms with Gasteiger partial charge >= 0.3 is 5.97 Å². The van der Waals surface area contributed by atoms with Crippen molar-refractivity contribution in [1.29, 1.82) is 0 Å². The number of anilines is 2. The summed E-state index contributed by atoms with van der Waals surface area (Å²) < 4.78 is 34.1. The largest absolute Gasteiger partial charge is 0.465 e. The number of nitrogens with zero attached hydrogens (tertiary/aromatic N) is 3. The molecule has 1 aromatic carbocycles. The summed E-state index contributed by atoms with van der Waals surface area (Å²) in [6.07, 6.45) is 3.33. The number of carbonyl (C=O) groups excluding carboxylic acids is 2. The normalized spacial score (nSPS) is 11.3. The number of benzene rings is 1. The number of nitrogens with one attached hydrogen (secondary N) is 1. The number of unbranched alkanes of at least 4 members (excludes halogenated alkanes) is 1. The maximum atomic E-state index is 12.8. The minimum absolute atomic E-state index is 0.0149. The number of methoxy groups -OCH3 is 1. The molecule has 28 heavy (non-hydrogen) atoms. The van der Waals surface area contributed by atoms with Crippen molar-refractivity contribution in [2.75, 3.05) is 44.5 Å². The molecule has 10 heteroatoms. The summed E-state index contributed by atoms with van der Waals surface area (Å²) in [7, 11) is 0.336. The van der Waals surface area contributed by atoms with Gasteiger partial charge in [-0.2, -0.15) is 8.42 Å². The van der Waals surface area contributed by atoms with Crippen LogP contribution >= 0.6 is 0 Å². The Morgan fingerprint density at radius 1 is 1.29 bits per heavy atom. The Morgan fingerprint density at radius 3 is 2.46 bits per heavy atom. The number of hydrogen-bond donors (Lipinski definition) is 1. The first kappa shape index (κ1) is 23.4. The molecule has 1 amide bonds. The summed E-state index contributed by atoms with van der Waals surface area (Å²) >= 11 is 0. The van der Waals surface area contributed by atoms with E-state index < -0.39 is 16.0 Å². The molecule has 0 heterocycles. The average Bonchev–Trinajstić information content (AvgIpc) is 2.67. The first-order chi connectivity index (χ1) is 13.2. The van der Waals surface area contributed by atoms with Gasteiger partial charge in [-0.3, -0.25) is 4.79 Å². The van der Waals surface area contributed by atoms with Crippen LogP contribution in [-0.2, 0) is 19.6 Å². The van der Waals surface area contributed by atoms with Gasteiger partial charge < -0.3 is 19.9 Å². The summed E-state index contributed by atoms with van der Waals surface area (Å²) in [5.74, 6) is -0.710. The van der Waals surface area contributed by atoms with Gasteiger partial charge in [0, 0.05) is 27.2 Å². The van der Waals surface area contributed by atoms with E-state index in [1.54, 1.807) is 21.0 Å². The topological polar surface area (TPSA) is 108 Å². The highest BCUT2D eigenvalue weighted by molar-refractivity contribution is 7.90. The Balaban J connectivity index is 3.78. The van der Waals surface area contributed by atoms with Crippen LogP contribution in [0.15, 0.2) is 21.4 Å². The zero-order valence-electron chi connectivity index (χ0n) is 16.9. The Kier molecular flexibility index (Phi) is 8.90. The van der Waals surface area contributed by atoms with Gasteiger partial charge in [0.05, 0.1) is 24.0 Å². The van der Waals surface area contributed by atoms with Gasteiger partial charge in [-0.25, -0.2) is 4.79 Å². The Hall–Kier alpha value is -2.62. The number of ether oxygens (including phenoxy) is 1. The minimum Gasteiger partial charge on any atom is -0.465 e. The molecule has 0 bridgehead atoms. The number of esters is 1. The summed E-state index contributed by atoms with van der Waals surface area (Å²) in [6, 6.07) is 2.65. The van der Waals surface area contributed by atoms with Gasteiger partial charge in [0.15, 0.2) is 0 Å². The third-order valence-corrected chi connectivity index (χ3v) is 4.99. The van der Waals surface area contributed by atoms with Crippen LogP contribution in [0.3, 0.4) is 0 Å². The predicted octanol–water partition coefficient (Wildman–Crippen LogP) is 1.95. The molecule has 0 saturated carbocycles. The van der Waals surface area contributed by atoms with Crippen molar-refractivity contribution in [2.24, 2.45) is 4.40 Å². The van der Waals surface area contributed by atoms with Crippen LogP contribution in [0, 0.1) is 0 Å². The van der Waals surface area contributed by atoms with Crippen molar-refractivity contribution in [1.82, 2.24) is 4.90 Å². The number of sulfonamides is 1. The smallest absolute Gasteiger partial charge is 0.337 e. The van der Waals surface area contributed by atoms with Crippen LogP contribution in [0.5, 0.6) is 0 Å². The Bertz CT molecular complexity index is 822. The van der Waals surface area contributed by atoms with Crippen molar-refractivity contribution < 1.29 is 22.7 Å². The fraction of sp³-hybridized carbons (Fsp3) is 0.500. The molecule has 0 atom stereocenters. The summed E-state index contributed by atoms with van der Waals surface area (Å²) in [4.78, 5) is 26.5. The molecule has 0 fully saturated rings. The Labute approximate surface area is 166 Å². The zero-order valence-corrected chi connectivity index (χ0v) is 17.7. The second-order valence-corrected chi connectivity index (χ2v) is 7.80. The van der Waals surface area contributed by atoms with Crippen LogP contribution in [0.4, 0.5) is 11.4 Å². The highest BCUT2D eigenvalue weighted by Crippen LogP contribution is 2.35. The molecule has 0 radical (unpaired) electrons. The maximum absolute atomic E-state index is 12.8. The second-order valence-electron chi connectivity index (χ2n) is 6.20. The summed E-state index contributed by atoms with van der Waals surface area (Å²) in [6.45, 7) is 4.56. The highest BCUT2D eigenvalue weighted by atomic mass is 32.2. The van der Waals surface area contributed by atoms with Crippen LogP contribution < -0.4 is 10.2 Å². The molecule has 9 nitrogen and oxygen atoms in total. The van der Waals surface area contributed by atoms with E-state index in [2.05, 4.69) is 9.71 Å². The van der Waals surface area contributed by atoms with E-state index in [0.29, 0.717) is 25.9 Å². The van der Waals surface area contributed by atoms with E-state index in [-0.39, 0.29) is 21.8 Å². The van der Waals surface area contributed by atoms with Crippen molar-refractivity contribution in [3.8, 4) is 0 Å². The summed E-state index contributed by atoms with van der Waals surface area (Å²) in [5.41, 5.74) is 0.516. The molecule has 1 rings (SSSR count). The van der Waals surface area contributed by atoms with Crippen LogP contribution in [0.1, 0.15) is 37.0 Å². The lowest BCUT2D eigenvalue weighted by Gasteiger charge is -2.23. The van der Waals surface area contributed by atoms with E-state index in [4.69, 9.17) is 4.74 Å². The lowest BCUT2D eigenvalue weighted by Crippen LogP contribution is -2.25. The molecular formula is C18H28N4O5S. The van der Waals surface area contributed by atoms with Crippen LogP contribution in [-0.4, -0.2) is 66.3 Å². The molecule has 0 aliphatic rings. The van der Waals surface area contributed by atoms with E-state index in [9.17, 15) is 18.0 Å². The molecule has 1 N–H and O–H groups in total. The molecule has 156 valence electrons. The lowest BCUT2D eigenvalue weighted by atomic mass is 10.1. The Morgan fingerprint density at radius 2 is 1.96 bits per heavy atom. The molecule has 0 saturated heterocycles. The number of rotatable bonds is 11. The number of carbonyl (C=O) groups is 2. The van der Waals surface area contributed by atoms with Gasteiger partial charge in [-0.05, 0) is 25.5 Å². The molecular weight excluding hydrogens is 384 g/mol. The van der Waals surface area contributed by atoms with Crippen molar-refractivity contribution in [2.45, 2.75) is 31.6 Å². The van der Waals surface area contributed by atoms with E-state index in [0.717, 1.165) is 12.8 Å². The SMILES string of the molecule is CCCCN(C=O)c1cc(C(=O)OC)cc(S(=O)(=O)N=CN(C)C)c1NCC. The third-order valence-electron chi connectivity index (χ3n) is 3.74. The van der Waals surface area contributed by atoms with E-state index >= 15 is 0 Å². The standard InChI is InChI=1S/C18H28N4O5S/c1-6-8-9-22(13-23)15-10-14(18(24)27-5)11-16(17(15)19-7-2)28(25,26)20-12-21(3)4/h10-13,19H,6-9H2,1-5H3. The fourth-order valence-corrected chi connectivity index (χ4v) is 3.53. The lowest BCUT2D eigenvalue weighted by molar-refractivity contribution is -0.107. The van der Waals surface area contributed by atoms with Gasteiger partial charge in [0.25, 0.3) is 10.0 Å². The fourth-order valence-electron chi connectivity index (χ4n) is 2.39. The number of hydrogen-bond acceptors (Lipinski definition) is 6. The first-order valence-electron chi connectivity index (χ1n) is 8.90. The quantitative estimate of drug-likeness (QED) is 0.256. The average molecular weight is 413 g/mol. The molecule has 0 aliphatic carbocycles. The van der Waals surface area contributed by atoms with Crippen molar-refractivity contribution >= 4 is 40.1 Å². The zero-order chi connectivity index (χ0) is 21.3. The molecule has 0 aliphatic heterocycles. The first-order valence-corrected chi connectivity index (χ1v) is 10.3. The van der Waals surface area contributed by atoms with Gasteiger partial charge in [-0.1, -0.05) is 13.3 Å². The molecule has 0 spiro atoms. The van der Waals surface area contributed by atoms with Crippen molar-refractivity contribution in [3.63, 3.8) is 0 Å².